The SMILES string of the molecule is CNCCNc1ccc(-c2cc(C(=O)N(C)Cc3cnc(C)n3C)c3cc(C)ccc3n2)nc1C. The molecule has 0 saturated heterocycles. The first-order valence-electron chi connectivity index (χ1n) is 11.8. The largest absolute Gasteiger partial charge is 0.382 e. The number of amides is 1. The molecule has 3 aromatic heterocycles. The molecular formula is C27H33N7O. The first-order chi connectivity index (χ1) is 16.8. The molecule has 0 aliphatic rings. The average molecular weight is 472 g/mol. The van der Waals surface area contributed by atoms with Gasteiger partial charge >= 0.3 is 0 Å². The summed E-state index contributed by atoms with van der Waals surface area (Å²) in [5.41, 5.74) is 6.75. The van der Waals surface area contributed by atoms with E-state index in [2.05, 4.69) is 15.6 Å². The van der Waals surface area contributed by atoms with Crippen molar-refractivity contribution in [1.29, 1.82) is 0 Å². The molecule has 8 heteroatoms. The first-order valence-corrected chi connectivity index (χ1v) is 11.8. The summed E-state index contributed by atoms with van der Waals surface area (Å²) in [6.07, 6.45) is 1.82. The second kappa shape index (κ2) is 10.2. The maximum absolute atomic E-state index is 13.7. The normalized spacial score (nSPS) is 11.1. The Kier molecular flexibility index (Phi) is 7.12. The van der Waals surface area contributed by atoms with Crippen LogP contribution in [0.4, 0.5) is 5.69 Å². The fourth-order valence-electron chi connectivity index (χ4n) is 4.08. The lowest BCUT2D eigenvalue weighted by molar-refractivity contribution is 0.0784. The molecule has 0 unspecified atom stereocenters. The molecule has 8 nitrogen and oxygen atoms in total. The van der Waals surface area contributed by atoms with Crippen molar-refractivity contribution in [2.75, 3.05) is 32.5 Å². The third-order valence-corrected chi connectivity index (χ3v) is 6.30. The molecule has 4 rings (SSSR count). The molecule has 0 atom stereocenters. The Balaban J connectivity index is 1.72. The van der Waals surface area contributed by atoms with E-state index < -0.39 is 0 Å². The first kappa shape index (κ1) is 24.3. The van der Waals surface area contributed by atoms with Crippen molar-refractivity contribution in [3.8, 4) is 11.4 Å². The van der Waals surface area contributed by atoms with Crippen LogP contribution in [-0.2, 0) is 13.6 Å². The van der Waals surface area contributed by atoms with Crippen molar-refractivity contribution < 1.29 is 4.79 Å². The molecule has 0 spiro atoms. The van der Waals surface area contributed by atoms with Crippen molar-refractivity contribution >= 4 is 22.5 Å². The van der Waals surface area contributed by atoms with Gasteiger partial charge in [-0.25, -0.2) is 15.0 Å². The van der Waals surface area contributed by atoms with Crippen LogP contribution in [0.3, 0.4) is 0 Å². The topological polar surface area (TPSA) is 88.0 Å². The Morgan fingerprint density at radius 3 is 2.51 bits per heavy atom. The van der Waals surface area contributed by atoms with Gasteiger partial charge in [0, 0.05) is 32.6 Å². The second-order valence-electron chi connectivity index (χ2n) is 8.95. The summed E-state index contributed by atoms with van der Waals surface area (Å²) in [4.78, 5) is 29.4. The zero-order chi connectivity index (χ0) is 25.1. The number of nitrogens with zero attached hydrogens (tertiary/aromatic N) is 5. The van der Waals surface area contributed by atoms with Gasteiger partial charge in [-0.1, -0.05) is 11.6 Å². The summed E-state index contributed by atoms with van der Waals surface area (Å²) in [5, 5.41) is 7.36. The molecule has 0 aliphatic carbocycles. The van der Waals surface area contributed by atoms with Crippen LogP contribution in [0.15, 0.2) is 42.6 Å². The van der Waals surface area contributed by atoms with Crippen molar-refractivity contribution in [2.24, 2.45) is 7.05 Å². The zero-order valence-corrected chi connectivity index (χ0v) is 21.3. The highest BCUT2D eigenvalue weighted by Gasteiger charge is 2.20. The Labute approximate surface area is 206 Å². The van der Waals surface area contributed by atoms with E-state index >= 15 is 0 Å². The number of anilines is 1. The number of aromatic nitrogens is 4. The van der Waals surface area contributed by atoms with Gasteiger partial charge < -0.3 is 20.1 Å². The number of benzene rings is 1. The number of carbonyl (C=O) groups is 1. The number of hydrogen-bond donors (Lipinski definition) is 2. The minimum absolute atomic E-state index is 0.0647. The predicted octanol–water partition coefficient (Wildman–Crippen LogP) is 3.86. The average Bonchev–Trinajstić information content (AvgIpc) is 3.16. The standard InChI is InChI=1S/C27H33N7O/c1-17-7-8-24-21(13-17)22(27(35)33(5)16-20-15-30-19(3)34(20)6)14-26(32-24)25-10-9-23(18(2)31-25)29-12-11-28-4/h7-10,13-15,28-29H,11-12,16H2,1-6H3. The van der Waals surface area contributed by atoms with Crippen LogP contribution in [0.25, 0.3) is 22.3 Å². The highest BCUT2D eigenvalue weighted by atomic mass is 16.2. The number of imidazole rings is 1. The van der Waals surface area contributed by atoms with Crippen LogP contribution < -0.4 is 10.6 Å². The number of carbonyl (C=O) groups excluding carboxylic acids is 1. The smallest absolute Gasteiger partial charge is 0.254 e. The summed E-state index contributed by atoms with van der Waals surface area (Å²) in [7, 11) is 5.71. The van der Waals surface area contributed by atoms with Crippen molar-refractivity contribution in [3.05, 3.63) is 70.9 Å². The van der Waals surface area contributed by atoms with E-state index in [-0.39, 0.29) is 5.91 Å². The Morgan fingerprint density at radius 2 is 1.83 bits per heavy atom. The van der Waals surface area contributed by atoms with Crippen LogP contribution in [-0.4, -0.2) is 57.5 Å². The van der Waals surface area contributed by atoms with Gasteiger partial charge in [0.2, 0.25) is 0 Å². The maximum atomic E-state index is 13.7. The summed E-state index contributed by atoms with van der Waals surface area (Å²) in [6, 6.07) is 11.8. The number of nitrogens with one attached hydrogen (secondary N) is 2. The van der Waals surface area contributed by atoms with Crippen LogP contribution in [0.2, 0.25) is 0 Å². The fraction of sp³-hybridized carbons (Fsp3) is 0.333. The molecule has 0 aliphatic heterocycles. The Hall–Kier alpha value is -3.78. The molecular weight excluding hydrogens is 438 g/mol. The molecule has 1 amide bonds. The number of pyridine rings is 2. The van der Waals surface area contributed by atoms with Gasteiger partial charge in [0.05, 0.1) is 52.3 Å². The summed E-state index contributed by atoms with van der Waals surface area (Å²) in [6.45, 7) is 8.09. The van der Waals surface area contributed by atoms with E-state index in [1.807, 2.05) is 89.1 Å². The van der Waals surface area contributed by atoms with Gasteiger partial charge in [-0.3, -0.25) is 4.79 Å². The summed E-state index contributed by atoms with van der Waals surface area (Å²) < 4.78 is 2.00. The lowest BCUT2D eigenvalue weighted by Gasteiger charge is -2.19. The molecule has 0 saturated carbocycles. The molecule has 35 heavy (non-hydrogen) atoms. The van der Waals surface area contributed by atoms with Crippen molar-refractivity contribution in [1.82, 2.24) is 29.7 Å². The van der Waals surface area contributed by atoms with Gasteiger partial charge in [0.1, 0.15) is 5.82 Å². The second-order valence-corrected chi connectivity index (χ2v) is 8.95. The third-order valence-electron chi connectivity index (χ3n) is 6.30. The predicted molar refractivity (Wildman–Crippen MR) is 141 cm³/mol. The highest BCUT2D eigenvalue weighted by Crippen LogP contribution is 2.27. The van der Waals surface area contributed by atoms with Crippen molar-refractivity contribution in [2.45, 2.75) is 27.3 Å². The van der Waals surface area contributed by atoms with E-state index in [1.54, 1.807) is 4.90 Å². The molecule has 0 bridgehead atoms. The fourth-order valence-corrected chi connectivity index (χ4v) is 4.08. The number of rotatable bonds is 8. The number of hydrogen-bond acceptors (Lipinski definition) is 6. The Bertz CT molecular complexity index is 1380. The number of fused-ring (bicyclic) bond motifs is 1. The molecule has 2 N–H and O–H groups in total. The van der Waals surface area contributed by atoms with Gasteiger partial charge in [0.15, 0.2) is 0 Å². The molecule has 0 radical (unpaired) electrons. The molecule has 3 heterocycles. The van der Waals surface area contributed by atoms with E-state index in [0.29, 0.717) is 17.8 Å². The molecule has 1 aromatic carbocycles. The van der Waals surface area contributed by atoms with Crippen LogP contribution >= 0.6 is 0 Å². The Morgan fingerprint density at radius 1 is 1.03 bits per heavy atom. The van der Waals surface area contributed by atoms with Crippen LogP contribution in [0.1, 0.15) is 33.1 Å². The zero-order valence-electron chi connectivity index (χ0n) is 21.3. The molecule has 4 aromatic rings. The highest BCUT2D eigenvalue weighted by molar-refractivity contribution is 6.07. The van der Waals surface area contributed by atoms with E-state index in [0.717, 1.165) is 58.1 Å². The maximum Gasteiger partial charge on any atom is 0.254 e. The molecule has 0 fully saturated rings. The monoisotopic (exact) mass is 471 g/mol. The quantitative estimate of drug-likeness (QED) is 0.380. The molecule has 182 valence electrons. The van der Waals surface area contributed by atoms with Gasteiger partial charge in [0.25, 0.3) is 5.91 Å². The van der Waals surface area contributed by atoms with E-state index in [4.69, 9.17) is 9.97 Å². The lowest BCUT2D eigenvalue weighted by atomic mass is 10.0. The number of likely N-dealkylation sites (N-methyl/N-ethyl adjacent to an activating group) is 1. The van der Waals surface area contributed by atoms with E-state index in [9.17, 15) is 4.79 Å². The third kappa shape index (κ3) is 5.17. The van der Waals surface area contributed by atoms with Crippen molar-refractivity contribution in [3.63, 3.8) is 0 Å². The lowest BCUT2D eigenvalue weighted by Crippen LogP contribution is -2.27. The minimum atomic E-state index is -0.0647. The van der Waals surface area contributed by atoms with Gasteiger partial charge in [-0.05, 0) is 58.2 Å². The van der Waals surface area contributed by atoms with Crippen LogP contribution in [0.5, 0.6) is 0 Å². The minimum Gasteiger partial charge on any atom is -0.382 e. The number of aryl methyl sites for hydroxylation is 3. The van der Waals surface area contributed by atoms with Crippen LogP contribution in [0, 0.1) is 20.8 Å². The van der Waals surface area contributed by atoms with Gasteiger partial charge in [-0.15, -0.1) is 0 Å². The summed E-state index contributed by atoms with van der Waals surface area (Å²) >= 11 is 0. The van der Waals surface area contributed by atoms with Gasteiger partial charge in [-0.2, -0.15) is 0 Å². The van der Waals surface area contributed by atoms with E-state index in [1.165, 1.54) is 0 Å². The summed E-state index contributed by atoms with van der Waals surface area (Å²) in [5.74, 6) is 0.851.